The Labute approximate surface area is 203 Å². The van der Waals surface area contributed by atoms with Crippen LogP contribution in [0.3, 0.4) is 0 Å². The molecule has 168 valence electrons. The van der Waals surface area contributed by atoms with Crippen LogP contribution >= 0.6 is 23.4 Å². The van der Waals surface area contributed by atoms with Gasteiger partial charge in [-0.15, -0.1) is 0 Å². The molecular weight excluding hydrogens is 470 g/mol. The van der Waals surface area contributed by atoms with Gasteiger partial charge in [0.25, 0.3) is 5.56 Å². The number of carbonyl (C=O) groups excluding carboxylic acids is 1. The van der Waals surface area contributed by atoms with E-state index in [-0.39, 0.29) is 23.9 Å². The second-order valence-corrected chi connectivity index (χ2v) is 9.51. The minimum atomic E-state index is -0.283. The summed E-state index contributed by atoms with van der Waals surface area (Å²) in [5, 5.41) is 11.0. The highest BCUT2D eigenvalue weighted by molar-refractivity contribution is 7.99. The van der Waals surface area contributed by atoms with Gasteiger partial charge in [-0.2, -0.15) is 5.10 Å². The van der Waals surface area contributed by atoms with E-state index in [1.807, 2.05) is 54.6 Å². The SMILES string of the molecule is O=C(CC1CSc2nc3c(cnn3-c3cccc(Cl)c3)c(=O)n21)Nc1cccc2ccccc12. The summed E-state index contributed by atoms with van der Waals surface area (Å²) >= 11 is 7.60. The zero-order valence-electron chi connectivity index (χ0n) is 17.8. The van der Waals surface area contributed by atoms with Crippen molar-refractivity contribution in [3.8, 4) is 5.69 Å². The maximum Gasteiger partial charge on any atom is 0.265 e. The highest BCUT2D eigenvalue weighted by Crippen LogP contribution is 2.34. The Morgan fingerprint density at radius 3 is 2.79 bits per heavy atom. The Kier molecular flexibility index (Phi) is 5.12. The van der Waals surface area contributed by atoms with Crippen molar-refractivity contribution in [3.05, 3.63) is 88.3 Å². The van der Waals surface area contributed by atoms with E-state index < -0.39 is 0 Å². The number of fused-ring (bicyclic) bond motifs is 3. The summed E-state index contributed by atoms with van der Waals surface area (Å²) in [4.78, 5) is 31.0. The number of thioether (sulfide) groups is 1. The van der Waals surface area contributed by atoms with Crippen LogP contribution in [0.25, 0.3) is 27.5 Å². The molecule has 0 spiro atoms. The lowest BCUT2D eigenvalue weighted by Gasteiger charge is -2.14. The average Bonchev–Trinajstić information content (AvgIpc) is 3.44. The first-order valence-corrected chi connectivity index (χ1v) is 12.1. The Morgan fingerprint density at radius 2 is 1.91 bits per heavy atom. The minimum absolute atomic E-state index is 0.142. The van der Waals surface area contributed by atoms with Crippen LogP contribution in [0.1, 0.15) is 12.5 Å². The lowest BCUT2D eigenvalue weighted by atomic mass is 10.1. The molecule has 3 heterocycles. The number of benzene rings is 3. The summed E-state index contributed by atoms with van der Waals surface area (Å²) < 4.78 is 3.24. The van der Waals surface area contributed by atoms with Gasteiger partial charge in [0.05, 0.1) is 17.9 Å². The van der Waals surface area contributed by atoms with E-state index in [9.17, 15) is 9.59 Å². The normalized spacial score (nSPS) is 15.0. The third kappa shape index (κ3) is 3.55. The number of anilines is 1. The first-order chi connectivity index (χ1) is 16.6. The molecule has 34 heavy (non-hydrogen) atoms. The Hall–Kier alpha value is -3.62. The summed E-state index contributed by atoms with van der Waals surface area (Å²) in [6.45, 7) is 0. The van der Waals surface area contributed by atoms with E-state index in [4.69, 9.17) is 16.6 Å². The molecule has 0 aliphatic carbocycles. The van der Waals surface area contributed by atoms with Crippen molar-refractivity contribution in [3.63, 3.8) is 0 Å². The first-order valence-electron chi connectivity index (χ1n) is 10.7. The van der Waals surface area contributed by atoms with Crippen LogP contribution in [0.4, 0.5) is 5.69 Å². The summed E-state index contributed by atoms with van der Waals surface area (Å²) in [5.41, 5.74) is 1.78. The molecule has 2 aromatic heterocycles. The van der Waals surface area contributed by atoms with Crippen LogP contribution in [0, 0.1) is 0 Å². The molecule has 0 saturated carbocycles. The van der Waals surface area contributed by atoms with Crippen molar-refractivity contribution < 1.29 is 4.79 Å². The van der Waals surface area contributed by atoms with Gasteiger partial charge < -0.3 is 5.32 Å². The Morgan fingerprint density at radius 1 is 1.09 bits per heavy atom. The van der Waals surface area contributed by atoms with Crippen molar-refractivity contribution in [2.24, 2.45) is 0 Å². The minimum Gasteiger partial charge on any atom is -0.325 e. The topological polar surface area (TPSA) is 81.8 Å². The highest BCUT2D eigenvalue weighted by Gasteiger charge is 2.29. The smallest absolute Gasteiger partial charge is 0.265 e. The lowest BCUT2D eigenvalue weighted by Crippen LogP contribution is -2.27. The molecule has 9 heteroatoms. The lowest BCUT2D eigenvalue weighted by molar-refractivity contribution is -0.116. The van der Waals surface area contributed by atoms with Gasteiger partial charge >= 0.3 is 0 Å². The predicted octanol–water partition coefficient (Wildman–Crippen LogP) is 5.06. The number of hydrogen-bond donors (Lipinski definition) is 1. The molecule has 1 N–H and O–H groups in total. The molecule has 6 rings (SSSR count). The van der Waals surface area contributed by atoms with Crippen LogP contribution < -0.4 is 10.9 Å². The van der Waals surface area contributed by atoms with Gasteiger partial charge in [-0.05, 0) is 29.7 Å². The van der Waals surface area contributed by atoms with E-state index >= 15 is 0 Å². The molecule has 1 atom stereocenters. The molecule has 1 aliphatic heterocycles. The molecule has 0 bridgehead atoms. The molecule has 5 aromatic rings. The van der Waals surface area contributed by atoms with E-state index in [0.717, 1.165) is 22.1 Å². The molecular formula is C25H18ClN5O2S. The first kappa shape index (κ1) is 20.9. The number of aromatic nitrogens is 4. The number of nitrogens with one attached hydrogen (secondary N) is 1. The maximum atomic E-state index is 13.4. The van der Waals surface area contributed by atoms with Crippen LogP contribution in [-0.2, 0) is 4.79 Å². The van der Waals surface area contributed by atoms with Crippen LogP contribution in [-0.4, -0.2) is 31.0 Å². The second-order valence-electron chi connectivity index (χ2n) is 8.09. The predicted molar refractivity (Wildman–Crippen MR) is 135 cm³/mol. The van der Waals surface area contributed by atoms with Gasteiger partial charge in [-0.3, -0.25) is 14.2 Å². The molecule has 1 unspecified atom stereocenters. The van der Waals surface area contributed by atoms with E-state index in [2.05, 4.69) is 10.4 Å². The highest BCUT2D eigenvalue weighted by atomic mass is 35.5. The van der Waals surface area contributed by atoms with Gasteiger partial charge in [0.1, 0.15) is 5.39 Å². The van der Waals surface area contributed by atoms with Gasteiger partial charge in [-0.1, -0.05) is 65.8 Å². The number of amides is 1. The van der Waals surface area contributed by atoms with Gasteiger partial charge in [0.2, 0.25) is 5.91 Å². The molecule has 7 nitrogen and oxygen atoms in total. The van der Waals surface area contributed by atoms with Crippen molar-refractivity contribution in [2.45, 2.75) is 17.6 Å². The Bertz CT molecular complexity index is 1640. The standard InChI is InChI=1S/C25H18ClN5O2S/c26-16-7-4-8-17(11-16)31-23-20(13-27-31)24(33)30-18(14-34-25(30)29-23)12-22(32)28-21-10-3-6-15-5-1-2-9-19(15)21/h1-11,13,18H,12,14H2,(H,28,32). The molecule has 0 fully saturated rings. The molecule has 3 aromatic carbocycles. The fourth-order valence-electron chi connectivity index (χ4n) is 4.33. The quantitative estimate of drug-likeness (QED) is 0.358. The third-order valence-corrected chi connectivity index (χ3v) is 7.24. The molecule has 1 aliphatic rings. The monoisotopic (exact) mass is 487 g/mol. The second kappa shape index (κ2) is 8.30. The maximum absolute atomic E-state index is 13.4. The van der Waals surface area contributed by atoms with Crippen molar-refractivity contribution in [1.29, 1.82) is 0 Å². The largest absolute Gasteiger partial charge is 0.325 e. The molecule has 0 radical (unpaired) electrons. The third-order valence-electron chi connectivity index (χ3n) is 5.91. The fourth-order valence-corrected chi connectivity index (χ4v) is 5.64. The van der Waals surface area contributed by atoms with Gasteiger partial charge in [-0.25, -0.2) is 9.67 Å². The van der Waals surface area contributed by atoms with Gasteiger partial charge in [0, 0.05) is 28.3 Å². The summed E-state index contributed by atoms with van der Waals surface area (Å²) in [7, 11) is 0. The van der Waals surface area contributed by atoms with Gasteiger partial charge in [0.15, 0.2) is 10.8 Å². The number of nitrogens with zero attached hydrogens (tertiary/aromatic N) is 4. The Balaban J connectivity index is 1.30. The van der Waals surface area contributed by atoms with Crippen LogP contribution in [0.5, 0.6) is 0 Å². The zero-order chi connectivity index (χ0) is 23.2. The van der Waals surface area contributed by atoms with Crippen LogP contribution in [0.2, 0.25) is 5.02 Å². The number of carbonyl (C=O) groups is 1. The summed E-state index contributed by atoms with van der Waals surface area (Å²) in [5.74, 6) is 0.457. The number of rotatable bonds is 4. The molecule has 0 saturated heterocycles. The van der Waals surface area contributed by atoms with E-state index in [1.54, 1.807) is 21.4 Å². The zero-order valence-corrected chi connectivity index (χ0v) is 19.4. The van der Waals surface area contributed by atoms with Crippen LogP contribution in [0.15, 0.2) is 82.9 Å². The summed E-state index contributed by atoms with van der Waals surface area (Å²) in [6.07, 6.45) is 1.70. The molecule has 1 amide bonds. The summed E-state index contributed by atoms with van der Waals surface area (Å²) in [6, 6.07) is 20.7. The van der Waals surface area contributed by atoms with Crippen molar-refractivity contribution in [2.75, 3.05) is 11.1 Å². The fraction of sp³-hybridized carbons (Fsp3) is 0.120. The van der Waals surface area contributed by atoms with E-state index in [1.165, 1.54) is 18.0 Å². The number of halogens is 1. The van der Waals surface area contributed by atoms with E-state index in [0.29, 0.717) is 27.0 Å². The van der Waals surface area contributed by atoms with Crippen molar-refractivity contribution in [1.82, 2.24) is 19.3 Å². The average molecular weight is 488 g/mol. The number of hydrogen-bond acceptors (Lipinski definition) is 5. The van der Waals surface area contributed by atoms with Crippen molar-refractivity contribution >= 4 is 56.8 Å².